The third-order valence-electron chi connectivity index (χ3n) is 4.10. The first-order valence-corrected chi connectivity index (χ1v) is 8.24. The van der Waals surface area contributed by atoms with Crippen LogP contribution in [-0.4, -0.2) is 37.0 Å². The van der Waals surface area contributed by atoms with Crippen LogP contribution in [0.2, 0.25) is 5.02 Å². The van der Waals surface area contributed by atoms with E-state index < -0.39 is 5.82 Å². The van der Waals surface area contributed by atoms with E-state index >= 15 is 0 Å². The lowest BCUT2D eigenvalue weighted by Gasteiger charge is -2.35. The number of hydrogen-bond donors (Lipinski definition) is 0. The van der Waals surface area contributed by atoms with E-state index in [1.165, 1.54) is 23.9 Å². The molecule has 1 amide bonds. The Kier molecular flexibility index (Phi) is 5.16. The van der Waals surface area contributed by atoms with Crippen molar-refractivity contribution in [2.45, 2.75) is 0 Å². The Morgan fingerprint density at radius 2 is 1.71 bits per heavy atom. The maximum Gasteiger partial charge on any atom is 0.246 e. The predicted octanol–water partition coefficient (Wildman–Crippen LogP) is 3.84. The fourth-order valence-corrected chi connectivity index (χ4v) is 2.98. The zero-order valence-corrected chi connectivity index (χ0v) is 13.9. The lowest BCUT2D eigenvalue weighted by molar-refractivity contribution is -0.126. The Bertz CT molecular complexity index is 720. The van der Waals surface area contributed by atoms with E-state index in [4.69, 9.17) is 11.6 Å². The number of nitrogens with zero attached hydrogens (tertiary/aromatic N) is 2. The zero-order chi connectivity index (χ0) is 16.9. The fourth-order valence-electron chi connectivity index (χ4n) is 2.75. The molecule has 0 radical (unpaired) electrons. The number of piperazine rings is 1. The van der Waals surface area contributed by atoms with Gasteiger partial charge < -0.3 is 9.80 Å². The van der Waals surface area contributed by atoms with Gasteiger partial charge in [-0.2, -0.15) is 0 Å². The van der Waals surface area contributed by atoms with Crippen LogP contribution < -0.4 is 4.90 Å². The van der Waals surface area contributed by atoms with Crippen LogP contribution in [0.4, 0.5) is 10.1 Å². The number of para-hydroxylation sites is 1. The van der Waals surface area contributed by atoms with Crippen LogP contribution in [0, 0.1) is 5.82 Å². The molecule has 0 bridgehead atoms. The Hall–Kier alpha value is -2.33. The minimum Gasteiger partial charge on any atom is -0.368 e. The zero-order valence-electron chi connectivity index (χ0n) is 13.2. The summed E-state index contributed by atoms with van der Waals surface area (Å²) >= 11 is 5.96. The number of anilines is 1. The second-order valence-electron chi connectivity index (χ2n) is 5.62. The molecular weight excluding hydrogens is 327 g/mol. The van der Waals surface area contributed by atoms with Crippen molar-refractivity contribution in [1.29, 1.82) is 0 Å². The van der Waals surface area contributed by atoms with Crippen molar-refractivity contribution in [3.05, 3.63) is 71.0 Å². The maximum absolute atomic E-state index is 13.7. The average molecular weight is 345 g/mol. The summed E-state index contributed by atoms with van der Waals surface area (Å²) in [5, 5.41) is 0.299. The Morgan fingerprint density at radius 3 is 2.38 bits per heavy atom. The Morgan fingerprint density at radius 1 is 1.00 bits per heavy atom. The molecule has 0 aromatic heterocycles. The van der Waals surface area contributed by atoms with Gasteiger partial charge in [0.25, 0.3) is 0 Å². The Labute approximate surface area is 145 Å². The molecule has 0 N–H and O–H groups in total. The number of carbonyl (C=O) groups is 1. The molecule has 3 rings (SSSR count). The molecule has 0 unspecified atom stereocenters. The van der Waals surface area contributed by atoms with E-state index in [0.29, 0.717) is 18.1 Å². The quantitative estimate of drug-likeness (QED) is 0.790. The largest absolute Gasteiger partial charge is 0.368 e. The van der Waals surface area contributed by atoms with E-state index in [0.717, 1.165) is 13.1 Å². The number of benzene rings is 2. The van der Waals surface area contributed by atoms with E-state index in [-0.39, 0.29) is 11.5 Å². The molecule has 24 heavy (non-hydrogen) atoms. The van der Waals surface area contributed by atoms with Crippen molar-refractivity contribution < 1.29 is 9.18 Å². The SMILES string of the molecule is O=C(/C=C\c1c(F)cccc1Cl)N1CCN(c2ccccc2)CC1. The van der Waals surface area contributed by atoms with Crippen LogP contribution in [0.1, 0.15) is 5.56 Å². The lowest BCUT2D eigenvalue weighted by atomic mass is 10.2. The van der Waals surface area contributed by atoms with Crippen molar-refractivity contribution in [3.8, 4) is 0 Å². The molecule has 0 saturated carbocycles. The van der Waals surface area contributed by atoms with E-state index in [9.17, 15) is 9.18 Å². The first-order chi connectivity index (χ1) is 11.6. The van der Waals surface area contributed by atoms with Crippen LogP contribution in [0.3, 0.4) is 0 Å². The van der Waals surface area contributed by atoms with Gasteiger partial charge in [0.15, 0.2) is 0 Å². The van der Waals surface area contributed by atoms with Gasteiger partial charge in [-0.1, -0.05) is 35.9 Å². The van der Waals surface area contributed by atoms with Crippen molar-refractivity contribution in [2.24, 2.45) is 0 Å². The Balaban J connectivity index is 1.60. The van der Waals surface area contributed by atoms with E-state index in [2.05, 4.69) is 17.0 Å². The van der Waals surface area contributed by atoms with Gasteiger partial charge in [0, 0.05) is 43.5 Å². The summed E-state index contributed by atoms with van der Waals surface area (Å²) in [5.41, 5.74) is 1.41. The summed E-state index contributed by atoms with van der Waals surface area (Å²) < 4.78 is 13.7. The molecule has 1 fully saturated rings. The third-order valence-corrected chi connectivity index (χ3v) is 4.43. The van der Waals surface area contributed by atoms with Gasteiger partial charge in [0.05, 0.1) is 5.02 Å². The summed E-state index contributed by atoms with van der Waals surface area (Å²) in [4.78, 5) is 16.3. The van der Waals surface area contributed by atoms with Crippen LogP contribution in [0.15, 0.2) is 54.6 Å². The highest BCUT2D eigenvalue weighted by molar-refractivity contribution is 6.32. The highest BCUT2D eigenvalue weighted by atomic mass is 35.5. The highest BCUT2D eigenvalue weighted by Gasteiger charge is 2.19. The van der Waals surface area contributed by atoms with E-state index in [1.54, 1.807) is 17.0 Å². The predicted molar refractivity (Wildman–Crippen MR) is 95.7 cm³/mol. The van der Waals surface area contributed by atoms with Gasteiger partial charge in [0.1, 0.15) is 5.82 Å². The summed E-state index contributed by atoms with van der Waals surface area (Å²) in [6, 6.07) is 14.6. The molecule has 5 heteroatoms. The molecule has 2 aromatic carbocycles. The standard InChI is InChI=1S/C19H18ClFN2O/c20-17-7-4-8-18(21)16(17)9-10-19(24)23-13-11-22(12-14-23)15-5-2-1-3-6-15/h1-10H,11-14H2/b10-9-. The molecular formula is C19H18ClFN2O. The molecule has 1 saturated heterocycles. The number of carbonyl (C=O) groups excluding carboxylic acids is 1. The van der Waals surface area contributed by atoms with Crippen molar-refractivity contribution in [2.75, 3.05) is 31.1 Å². The summed E-state index contributed by atoms with van der Waals surface area (Å²) in [5.74, 6) is -0.553. The molecule has 1 aliphatic rings. The van der Waals surface area contributed by atoms with Gasteiger partial charge in [-0.25, -0.2) is 4.39 Å². The second kappa shape index (κ2) is 7.49. The first kappa shape index (κ1) is 16.5. The summed E-state index contributed by atoms with van der Waals surface area (Å²) in [6.45, 7) is 2.85. The molecule has 1 aliphatic heterocycles. The maximum atomic E-state index is 13.7. The van der Waals surface area contributed by atoms with E-state index in [1.807, 2.05) is 18.2 Å². The molecule has 1 heterocycles. The first-order valence-electron chi connectivity index (χ1n) is 7.86. The number of halogens is 2. The van der Waals surface area contributed by atoms with Crippen molar-refractivity contribution in [3.63, 3.8) is 0 Å². The molecule has 2 aromatic rings. The molecule has 0 atom stereocenters. The van der Waals surface area contributed by atoms with Crippen LogP contribution in [0.25, 0.3) is 6.08 Å². The van der Waals surface area contributed by atoms with Crippen LogP contribution >= 0.6 is 11.6 Å². The summed E-state index contributed by atoms with van der Waals surface area (Å²) in [7, 11) is 0. The summed E-state index contributed by atoms with van der Waals surface area (Å²) in [6.07, 6.45) is 2.84. The normalized spacial score (nSPS) is 15.1. The van der Waals surface area contributed by atoms with Gasteiger partial charge in [-0.3, -0.25) is 4.79 Å². The lowest BCUT2D eigenvalue weighted by Crippen LogP contribution is -2.48. The highest BCUT2D eigenvalue weighted by Crippen LogP contribution is 2.21. The van der Waals surface area contributed by atoms with Gasteiger partial charge in [-0.15, -0.1) is 0 Å². The molecule has 0 spiro atoms. The molecule has 3 nitrogen and oxygen atoms in total. The van der Waals surface area contributed by atoms with Gasteiger partial charge in [0.2, 0.25) is 5.91 Å². The van der Waals surface area contributed by atoms with Crippen LogP contribution in [-0.2, 0) is 4.79 Å². The van der Waals surface area contributed by atoms with Crippen molar-refractivity contribution in [1.82, 2.24) is 4.90 Å². The monoisotopic (exact) mass is 344 g/mol. The fraction of sp³-hybridized carbons (Fsp3) is 0.211. The minimum absolute atomic E-state index is 0.123. The average Bonchev–Trinajstić information content (AvgIpc) is 2.62. The topological polar surface area (TPSA) is 23.6 Å². The number of hydrogen-bond acceptors (Lipinski definition) is 2. The van der Waals surface area contributed by atoms with Gasteiger partial charge >= 0.3 is 0 Å². The smallest absolute Gasteiger partial charge is 0.246 e. The second-order valence-corrected chi connectivity index (χ2v) is 6.02. The van der Waals surface area contributed by atoms with Gasteiger partial charge in [-0.05, 0) is 30.3 Å². The molecule has 124 valence electrons. The number of amides is 1. The minimum atomic E-state index is -0.430. The third kappa shape index (κ3) is 3.77. The molecule has 0 aliphatic carbocycles. The number of rotatable bonds is 3. The van der Waals surface area contributed by atoms with Crippen molar-refractivity contribution >= 4 is 29.3 Å². The van der Waals surface area contributed by atoms with Crippen LogP contribution in [0.5, 0.6) is 0 Å².